The van der Waals surface area contributed by atoms with Crippen molar-refractivity contribution in [3.8, 4) is 0 Å². The molecule has 1 aromatic carbocycles. The fourth-order valence-corrected chi connectivity index (χ4v) is 2.91. The first-order valence-corrected chi connectivity index (χ1v) is 7.69. The predicted octanol–water partition coefficient (Wildman–Crippen LogP) is 2.08. The molecule has 20 heavy (non-hydrogen) atoms. The van der Waals surface area contributed by atoms with Gasteiger partial charge in [-0.25, -0.2) is 0 Å². The van der Waals surface area contributed by atoms with Crippen LogP contribution in [0.2, 0.25) is 0 Å². The third-order valence-electron chi connectivity index (χ3n) is 3.60. The van der Waals surface area contributed by atoms with Crippen LogP contribution in [-0.4, -0.2) is 48.7 Å². The molecule has 110 valence electrons. The van der Waals surface area contributed by atoms with Crippen molar-refractivity contribution in [2.45, 2.75) is 13.3 Å². The number of nitrogens with two attached hydrogens (primary N) is 1. The minimum Gasteiger partial charge on any atom is -0.409 e. The number of piperazine rings is 1. The van der Waals surface area contributed by atoms with Crippen molar-refractivity contribution >= 4 is 27.5 Å². The quantitative estimate of drug-likeness (QED) is 0.381. The summed E-state index contributed by atoms with van der Waals surface area (Å²) in [6, 6.07) is 5.82. The van der Waals surface area contributed by atoms with E-state index in [9.17, 15) is 0 Å². The van der Waals surface area contributed by atoms with Gasteiger partial charge in [0.25, 0.3) is 0 Å². The minimum atomic E-state index is 0.156. The molecule has 1 saturated heterocycles. The summed E-state index contributed by atoms with van der Waals surface area (Å²) in [6.45, 7) is 7.38. The maximum absolute atomic E-state index is 8.92. The van der Waals surface area contributed by atoms with Crippen molar-refractivity contribution < 1.29 is 5.21 Å². The van der Waals surface area contributed by atoms with E-state index in [-0.39, 0.29) is 5.84 Å². The number of nitrogens with zero attached hydrogens (tertiary/aromatic N) is 3. The molecule has 6 heteroatoms. The van der Waals surface area contributed by atoms with Gasteiger partial charge in [0, 0.05) is 41.9 Å². The minimum absolute atomic E-state index is 0.156. The largest absolute Gasteiger partial charge is 0.409 e. The lowest BCUT2D eigenvalue weighted by Gasteiger charge is -2.36. The topological polar surface area (TPSA) is 65.1 Å². The molecule has 0 spiro atoms. The summed E-state index contributed by atoms with van der Waals surface area (Å²) >= 11 is 3.49. The molecule has 1 aromatic rings. The van der Waals surface area contributed by atoms with Gasteiger partial charge in [0.05, 0.1) is 0 Å². The predicted molar refractivity (Wildman–Crippen MR) is 85.6 cm³/mol. The van der Waals surface area contributed by atoms with Crippen molar-refractivity contribution in [2.24, 2.45) is 10.9 Å². The highest BCUT2D eigenvalue weighted by atomic mass is 79.9. The summed E-state index contributed by atoms with van der Waals surface area (Å²) < 4.78 is 0.998. The van der Waals surface area contributed by atoms with E-state index in [1.165, 1.54) is 6.42 Å². The van der Waals surface area contributed by atoms with Gasteiger partial charge in [-0.3, -0.25) is 4.90 Å². The molecule has 1 aliphatic heterocycles. The summed E-state index contributed by atoms with van der Waals surface area (Å²) in [5.41, 5.74) is 7.57. The maximum atomic E-state index is 8.92. The first-order chi connectivity index (χ1) is 9.65. The zero-order valence-electron chi connectivity index (χ0n) is 11.7. The molecule has 0 aromatic heterocycles. The van der Waals surface area contributed by atoms with E-state index in [0.29, 0.717) is 0 Å². The molecular weight excluding hydrogens is 320 g/mol. The first-order valence-electron chi connectivity index (χ1n) is 6.90. The zero-order chi connectivity index (χ0) is 14.5. The molecule has 0 amide bonds. The molecule has 3 N–H and O–H groups in total. The van der Waals surface area contributed by atoms with Crippen LogP contribution in [0.15, 0.2) is 27.8 Å². The molecular formula is C14H21BrN4O. The lowest BCUT2D eigenvalue weighted by molar-refractivity contribution is 0.258. The second-order valence-electron chi connectivity index (χ2n) is 4.98. The monoisotopic (exact) mass is 340 g/mol. The third kappa shape index (κ3) is 3.43. The van der Waals surface area contributed by atoms with Crippen LogP contribution in [-0.2, 0) is 0 Å². The van der Waals surface area contributed by atoms with Gasteiger partial charge in [-0.1, -0.05) is 28.0 Å². The van der Waals surface area contributed by atoms with Crippen LogP contribution in [0.3, 0.4) is 0 Å². The first kappa shape index (κ1) is 15.1. The smallest absolute Gasteiger partial charge is 0.172 e. The average Bonchev–Trinajstić information content (AvgIpc) is 2.47. The molecule has 1 aliphatic rings. The molecule has 1 fully saturated rings. The summed E-state index contributed by atoms with van der Waals surface area (Å²) in [5, 5.41) is 12.0. The normalized spacial score (nSPS) is 17.5. The number of oxime groups is 1. The van der Waals surface area contributed by atoms with Gasteiger partial charge in [0.15, 0.2) is 5.84 Å². The molecule has 0 saturated carbocycles. The van der Waals surface area contributed by atoms with Gasteiger partial charge in [-0.2, -0.15) is 0 Å². The zero-order valence-corrected chi connectivity index (χ0v) is 13.3. The third-order valence-corrected chi connectivity index (χ3v) is 4.09. The summed E-state index contributed by atoms with van der Waals surface area (Å²) in [4.78, 5) is 4.77. The number of amidine groups is 1. The van der Waals surface area contributed by atoms with Crippen molar-refractivity contribution in [3.05, 3.63) is 28.2 Å². The second kappa shape index (κ2) is 6.95. The Labute approximate surface area is 128 Å². The Hall–Kier alpha value is -1.27. The van der Waals surface area contributed by atoms with Crippen molar-refractivity contribution in [3.63, 3.8) is 0 Å². The van der Waals surface area contributed by atoms with E-state index in [4.69, 9.17) is 10.9 Å². The Morgan fingerprint density at radius 1 is 1.35 bits per heavy atom. The SMILES string of the molecule is CCCN1CCN(c2cc(Br)ccc2/C(N)=N/O)CC1. The van der Waals surface area contributed by atoms with Crippen molar-refractivity contribution in [2.75, 3.05) is 37.6 Å². The van der Waals surface area contributed by atoms with Crippen LogP contribution in [0, 0.1) is 0 Å². The van der Waals surface area contributed by atoms with Crippen LogP contribution in [0.4, 0.5) is 5.69 Å². The highest BCUT2D eigenvalue weighted by molar-refractivity contribution is 9.10. The molecule has 0 atom stereocenters. The Morgan fingerprint density at radius 3 is 2.65 bits per heavy atom. The van der Waals surface area contributed by atoms with Crippen molar-refractivity contribution in [1.29, 1.82) is 0 Å². The van der Waals surface area contributed by atoms with Crippen LogP contribution < -0.4 is 10.6 Å². The van der Waals surface area contributed by atoms with E-state index in [0.717, 1.165) is 48.4 Å². The van der Waals surface area contributed by atoms with E-state index in [1.54, 1.807) is 0 Å². The number of benzene rings is 1. The Balaban J connectivity index is 2.18. The second-order valence-corrected chi connectivity index (χ2v) is 5.89. The molecule has 0 radical (unpaired) electrons. The van der Waals surface area contributed by atoms with Gasteiger partial charge in [0.2, 0.25) is 0 Å². The van der Waals surface area contributed by atoms with E-state index in [1.807, 2.05) is 18.2 Å². The van der Waals surface area contributed by atoms with Gasteiger partial charge in [0.1, 0.15) is 0 Å². The van der Waals surface area contributed by atoms with Gasteiger partial charge in [-0.15, -0.1) is 0 Å². The Morgan fingerprint density at radius 2 is 2.05 bits per heavy atom. The number of hydrogen-bond donors (Lipinski definition) is 2. The van der Waals surface area contributed by atoms with Gasteiger partial charge < -0.3 is 15.8 Å². The number of halogens is 1. The molecule has 0 bridgehead atoms. The number of hydrogen-bond acceptors (Lipinski definition) is 4. The summed E-state index contributed by atoms with van der Waals surface area (Å²) in [6.07, 6.45) is 1.19. The molecule has 2 rings (SSSR count). The van der Waals surface area contributed by atoms with Crippen LogP contribution in [0.25, 0.3) is 0 Å². The lowest BCUT2D eigenvalue weighted by Crippen LogP contribution is -2.47. The molecule has 0 unspecified atom stereocenters. The highest BCUT2D eigenvalue weighted by Crippen LogP contribution is 2.26. The highest BCUT2D eigenvalue weighted by Gasteiger charge is 2.20. The van der Waals surface area contributed by atoms with Crippen LogP contribution in [0.5, 0.6) is 0 Å². The van der Waals surface area contributed by atoms with Crippen LogP contribution >= 0.6 is 15.9 Å². The van der Waals surface area contributed by atoms with Gasteiger partial charge in [-0.05, 0) is 31.2 Å². The molecule has 5 nitrogen and oxygen atoms in total. The fraction of sp³-hybridized carbons (Fsp3) is 0.500. The Kier molecular flexibility index (Phi) is 5.25. The summed E-state index contributed by atoms with van der Waals surface area (Å²) in [5.74, 6) is 0.156. The maximum Gasteiger partial charge on any atom is 0.172 e. The summed E-state index contributed by atoms with van der Waals surface area (Å²) in [7, 11) is 0. The van der Waals surface area contributed by atoms with Gasteiger partial charge >= 0.3 is 0 Å². The number of rotatable bonds is 4. The van der Waals surface area contributed by atoms with E-state index < -0.39 is 0 Å². The molecule has 1 heterocycles. The van der Waals surface area contributed by atoms with E-state index in [2.05, 4.69) is 37.8 Å². The molecule has 0 aliphatic carbocycles. The van der Waals surface area contributed by atoms with Crippen molar-refractivity contribution in [1.82, 2.24) is 4.90 Å². The van der Waals surface area contributed by atoms with Crippen LogP contribution in [0.1, 0.15) is 18.9 Å². The van der Waals surface area contributed by atoms with E-state index >= 15 is 0 Å². The standard InChI is InChI=1S/C14H21BrN4O/c1-2-5-18-6-8-19(9-7-18)13-10-11(15)3-4-12(13)14(16)17-20/h3-4,10,20H,2,5-9H2,1H3,(H2,16,17). The average molecular weight is 341 g/mol. The lowest BCUT2D eigenvalue weighted by atomic mass is 10.1. The number of anilines is 1. The Bertz CT molecular complexity index is 484. The fourth-order valence-electron chi connectivity index (χ4n) is 2.57.